The highest BCUT2D eigenvalue weighted by molar-refractivity contribution is 6.31. The van der Waals surface area contributed by atoms with Gasteiger partial charge in [-0.05, 0) is 25.0 Å². The van der Waals surface area contributed by atoms with E-state index in [2.05, 4.69) is 5.32 Å². The highest BCUT2D eigenvalue weighted by Gasteiger charge is 2.33. The van der Waals surface area contributed by atoms with Crippen LogP contribution in [0.1, 0.15) is 38.7 Å². The molecule has 114 valence electrons. The standard InChI is InChI=1S/C16H21ClN2O2/c1-3-6-14-16(21)19(11(2)9-15(20)18-14)10-12-7-4-5-8-13(12)17/h4-5,7-8,11,14H,3,6,9-10H2,1-2H3,(H,18,20). The van der Waals surface area contributed by atoms with Gasteiger partial charge in [0.1, 0.15) is 6.04 Å². The van der Waals surface area contributed by atoms with E-state index in [0.717, 1.165) is 12.0 Å². The molecule has 1 aliphatic heterocycles. The molecule has 0 bridgehead atoms. The van der Waals surface area contributed by atoms with Crippen molar-refractivity contribution in [2.24, 2.45) is 0 Å². The highest BCUT2D eigenvalue weighted by atomic mass is 35.5. The molecule has 1 N–H and O–H groups in total. The van der Waals surface area contributed by atoms with E-state index in [9.17, 15) is 9.59 Å². The lowest BCUT2D eigenvalue weighted by Crippen LogP contribution is -2.45. The van der Waals surface area contributed by atoms with E-state index in [1.54, 1.807) is 4.90 Å². The molecule has 5 heteroatoms. The maximum absolute atomic E-state index is 12.7. The monoisotopic (exact) mass is 308 g/mol. The fraction of sp³-hybridized carbons (Fsp3) is 0.500. The molecule has 0 radical (unpaired) electrons. The van der Waals surface area contributed by atoms with Crippen LogP contribution in [0.5, 0.6) is 0 Å². The average Bonchev–Trinajstić information content (AvgIpc) is 2.53. The van der Waals surface area contributed by atoms with Crippen molar-refractivity contribution < 1.29 is 9.59 Å². The molecule has 2 rings (SSSR count). The predicted molar refractivity (Wildman–Crippen MR) is 82.9 cm³/mol. The summed E-state index contributed by atoms with van der Waals surface area (Å²) in [5.41, 5.74) is 0.906. The number of carbonyl (C=O) groups excluding carboxylic acids is 2. The minimum absolute atomic E-state index is 0.0184. The van der Waals surface area contributed by atoms with Gasteiger partial charge in [0, 0.05) is 24.0 Å². The van der Waals surface area contributed by atoms with Crippen molar-refractivity contribution >= 4 is 23.4 Å². The molecule has 1 aliphatic rings. The molecule has 21 heavy (non-hydrogen) atoms. The van der Waals surface area contributed by atoms with Gasteiger partial charge in [-0.1, -0.05) is 43.1 Å². The molecule has 0 spiro atoms. The molecule has 2 atom stereocenters. The van der Waals surface area contributed by atoms with Gasteiger partial charge in [0.05, 0.1) is 0 Å². The van der Waals surface area contributed by atoms with Crippen molar-refractivity contribution in [2.45, 2.75) is 51.7 Å². The Morgan fingerprint density at radius 3 is 2.71 bits per heavy atom. The summed E-state index contributed by atoms with van der Waals surface area (Å²) in [5, 5.41) is 3.47. The molecule has 1 fully saturated rings. The molecular weight excluding hydrogens is 288 g/mol. The number of halogens is 1. The minimum Gasteiger partial charge on any atom is -0.344 e. The summed E-state index contributed by atoms with van der Waals surface area (Å²) in [6, 6.07) is 6.95. The number of amides is 2. The van der Waals surface area contributed by atoms with Crippen LogP contribution in [-0.4, -0.2) is 28.8 Å². The van der Waals surface area contributed by atoms with Gasteiger partial charge in [0.15, 0.2) is 0 Å². The second-order valence-corrected chi connectivity index (χ2v) is 5.93. The van der Waals surface area contributed by atoms with Gasteiger partial charge < -0.3 is 10.2 Å². The lowest BCUT2D eigenvalue weighted by Gasteiger charge is -2.29. The van der Waals surface area contributed by atoms with Crippen LogP contribution in [0.2, 0.25) is 5.02 Å². The lowest BCUT2D eigenvalue weighted by molar-refractivity contribution is -0.135. The Morgan fingerprint density at radius 2 is 2.05 bits per heavy atom. The van der Waals surface area contributed by atoms with E-state index in [4.69, 9.17) is 11.6 Å². The molecule has 4 nitrogen and oxygen atoms in total. The Kier molecular flexibility index (Phi) is 5.23. The smallest absolute Gasteiger partial charge is 0.245 e. The first-order valence-electron chi connectivity index (χ1n) is 7.36. The fourth-order valence-electron chi connectivity index (χ4n) is 2.64. The highest BCUT2D eigenvalue weighted by Crippen LogP contribution is 2.21. The van der Waals surface area contributed by atoms with Crippen molar-refractivity contribution in [1.29, 1.82) is 0 Å². The second kappa shape index (κ2) is 6.94. The van der Waals surface area contributed by atoms with Crippen LogP contribution in [0.25, 0.3) is 0 Å². The number of nitrogens with zero attached hydrogens (tertiary/aromatic N) is 1. The van der Waals surface area contributed by atoms with Crippen molar-refractivity contribution in [3.8, 4) is 0 Å². The quantitative estimate of drug-likeness (QED) is 0.930. The van der Waals surface area contributed by atoms with E-state index in [-0.39, 0.29) is 17.9 Å². The Labute approximate surface area is 130 Å². The van der Waals surface area contributed by atoms with E-state index >= 15 is 0 Å². The van der Waals surface area contributed by atoms with Crippen LogP contribution in [0, 0.1) is 0 Å². The van der Waals surface area contributed by atoms with Gasteiger partial charge in [-0.2, -0.15) is 0 Å². The molecule has 2 unspecified atom stereocenters. The van der Waals surface area contributed by atoms with Crippen LogP contribution in [0.3, 0.4) is 0 Å². The van der Waals surface area contributed by atoms with Crippen LogP contribution >= 0.6 is 11.6 Å². The zero-order chi connectivity index (χ0) is 15.4. The first kappa shape index (κ1) is 15.8. The summed E-state index contributed by atoms with van der Waals surface area (Å²) >= 11 is 6.19. The molecule has 1 heterocycles. The first-order valence-corrected chi connectivity index (χ1v) is 7.74. The molecular formula is C16H21ClN2O2. The van der Waals surface area contributed by atoms with Crippen molar-refractivity contribution in [2.75, 3.05) is 0 Å². The van der Waals surface area contributed by atoms with Crippen LogP contribution in [-0.2, 0) is 16.1 Å². The van der Waals surface area contributed by atoms with E-state index in [1.165, 1.54) is 0 Å². The summed E-state index contributed by atoms with van der Waals surface area (Å²) in [6.07, 6.45) is 1.84. The Bertz CT molecular complexity index is 533. The molecule has 0 saturated carbocycles. The first-order chi connectivity index (χ1) is 10.0. The number of hydrogen-bond donors (Lipinski definition) is 1. The fourth-order valence-corrected chi connectivity index (χ4v) is 2.83. The molecule has 0 aromatic heterocycles. The van der Waals surface area contributed by atoms with E-state index < -0.39 is 6.04 Å². The summed E-state index contributed by atoms with van der Waals surface area (Å²) < 4.78 is 0. The third-order valence-electron chi connectivity index (χ3n) is 3.81. The normalized spacial score (nSPS) is 22.9. The number of hydrogen-bond acceptors (Lipinski definition) is 2. The largest absolute Gasteiger partial charge is 0.344 e. The third kappa shape index (κ3) is 3.76. The summed E-state index contributed by atoms with van der Waals surface area (Å²) in [4.78, 5) is 26.3. The van der Waals surface area contributed by atoms with Crippen molar-refractivity contribution in [3.63, 3.8) is 0 Å². The van der Waals surface area contributed by atoms with Crippen molar-refractivity contribution in [1.82, 2.24) is 10.2 Å². The maximum atomic E-state index is 12.7. The lowest BCUT2D eigenvalue weighted by atomic mass is 10.1. The zero-order valence-corrected chi connectivity index (χ0v) is 13.2. The summed E-state index contributed by atoms with van der Waals surface area (Å²) in [6.45, 7) is 4.35. The van der Waals surface area contributed by atoms with Gasteiger partial charge >= 0.3 is 0 Å². The van der Waals surface area contributed by atoms with Gasteiger partial charge in [-0.3, -0.25) is 9.59 Å². The SMILES string of the molecule is CCCC1NC(=O)CC(C)N(Cc2ccccc2Cl)C1=O. The van der Waals surface area contributed by atoms with Crippen LogP contribution in [0.15, 0.2) is 24.3 Å². The van der Waals surface area contributed by atoms with E-state index in [1.807, 2.05) is 38.1 Å². The average molecular weight is 309 g/mol. The number of rotatable bonds is 4. The number of carbonyl (C=O) groups is 2. The number of nitrogens with one attached hydrogen (secondary N) is 1. The zero-order valence-electron chi connectivity index (χ0n) is 12.4. The van der Waals surface area contributed by atoms with Crippen LogP contribution in [0.4, 0.5) is 0 Å². The molecule has 1 aromatic rings. The summed E-state index contributed by atoms with van der Waals surface area (Å²) in [5.74, 6) is -0.0777. The second-order valence-electron chi connectivity index (χ2n) is 5.52. The van der Waals surface area contributed by atoms with Gasteiger partial charge in [0.2, 0.25) is 11.8 Å². The molecule has 2 amide bonds. The molecule has 0 aliphatic carbocycles. The van der Waals surface area contributed by atoms with Gasteiger partial charge in [0.25, 0.3) is 0 Å². The summed E-state index contributed by atoms with van der Waals surface area (Å²) in [7, 11) is 0. The Balaban J connectivity index is 2.24. The Morgan fingerprint density at radius 1 is 1.33 bits per heavy atom. The molecule has 1 aromatic carbocycles. The van der Waals surface area contributed by atoms with Crippen LogP contribution < -0.4 is 5.32 Å². The molecule has 1 saturated heterocycles. The minimum atomic E-state index is -0.421. The van der Waals surface area contributed by atoms with Crippen molar-refractivity contribution in [3.05, 3.63) is 34.9 Å². The number of benzene rings is 1. The third-order valence-corrected chi connectivity index (χ3v) is 4.17. The Hall–Kier alpha value is -1.55. The van der Waals surface area contributed by atoms with Gasteiger partial charge in [-0.25, -0.2) is 0 Å². The van der Waals surface area contributed by atoms with Gasteiger partial charge in [-0.15, -0.1) is 0 Å². The predicted octanol–water partition coefficient (Wildman–Crippen LogP) is 2.75. The van der Waals surface area contributed by atoms with E-state index in [0.29, 0.717) is 24.4 Å². The maximum Gasteiger partial charge on any atom is 0.245 e. The topological polar surface area (TPSA) is 49.4 Å².